The molecule has 0 saturated heterocycles. The monoisotopic (exact) mass is 189 g/mol. The van der Waals surface area contributed by atoms with Crippen molar-refractivity contribution in [1.82, 2.24) is 0 Å². The molecule has 1 aromatic carbocycles. The van der Waals surface area contributed by atoms with Gasteiger partial charge in [-0.05, 0) is 56.2 Å². The SMILES string of the molecule is Cc1cccc(C(C)(N)C2CC2)c1C. The van der Waals surface area contributed by atoms with Gasteiger partial charge in [0.2, 0.25) is 0 Å². The Morgan fingerprint density at radius 3 is 2.50 bits per heavy atom. The molecular weight excluding hydrogens is 170 g/mol. The molecular formula is C13H19N. The van der Waals surface area contributed by atoms with Crippen molar-refractivity contribution < 1.29 is 0 Å². The normalized spacial score (nSPS) is 20.6. The van der Waals surface area contributed by atoms with Crippen LogP contribution in [0, 0.1) is 19.8 Å². The van der Waals surface area contributed by atoms with Crippen molar-refractivity contribution in [3.8, 4) is 0 Å². The van der Waals surface area contributed by atoms with Gasteiger partial charge >= 0.3 is 0 Å². The predicted molar refractivity (Wildman–Crippen MR) is 60.2 cm³/mol. The molecule has 1 fully saturated rings. The molecule has 0 aliphatic heterocycles. The van der Waals surface area contributed by atoms with E-state index in [1.807, 2.05) is 0 Å². The van der Waals surface area contributed by atoms with Crippen LogP contribution < -0.4 is 5.73 Å². The molecule has 1 aromatic rings. The van der Waals surface area contributed by atoms with Crippen molar-refractivity contribution in [2.24, 2.45) is 11.7 Å². The van der Waals surface area contributed by atoms with Crippen LogP contribution in [0.1, 0.15) is 36.5 Å². The minimum Gasteiger partial charge on any atom is -0.321 e. The van der Waals surface area contributed by atoms with Crippen molar-refractivity contribution in [2.45, 2.75) is 39.2 Å². The standard InChI is InChI=1S/C13H19N/c1-9-5-4-6-12(10(9)2)13(3,14)11-7-8-11/h4-6,11H,7-8,14H2,1-3H3. The van der Waals surface area contributed by atoms with Crippen molar-refractivity contribution in [3.05, 3.63) is 34.9 Å². The molecule has 76 valence electrons. The Balaban J connectivity index is 2.44. The molecule has 0 amide bonds. The van der Waals surface area contributed by atoms with Crippen LogP contribution >= 0.6 is 0 Å². The molecule has 0 aromatic heterocycles. The maximum absolute atomic E-state index is 6.41. The van der Waals surface area contributed by atoms with Crippen LogP contribution in [-0.2, 0) is 5.54 Å². The number of benzene rings is 1. The fourth-order valence-corrected chi connectivity index (χ4v) is 2.24. The van der Waals surface area contributed by atoms with E-state index in [1.165, 1.54) is 29.5 Å². The molecule has 2 rings (SSSR count). The van der Waals surface area contributed by atoms with E-state index in [0.29, 0.717) is 5.92 Å². The maximum atomic E-state index is 6.41. The Labute approximate surface area is 86.3 Å². The third-order valence-corrected chi connectivity index (χ3v) is 3.61. The first-order chi connectivity index (χ1) is 6.53. The summed E-state index contributed by atoms with van der Waals surface area (Å²) < 4.78 is 0. The highest BCUT2D eigenvalue weighted by Gasteiger charge is 2.40. The van der Waals surface area contributed by atoms with E-state index >= 15 is 0 Å². The maximum Gasteiger partial charge on any atom is 0.0412 e. The fourth-order valence-electron chi connectivity index (χ4n) is 2.24. The van der Waals surface area contributed by atoms with Gasteiger partial charge in [-0.2, -0.15) is 0 Å². The summed E-state index contributed by atoms with van der Waals surface area (Å²) in [7, 11) is 0. The Bertz CT molecular complexity index is 348. The Hall–Kier alpha value is -0.820. The zero-order valence-electron chi connectivity index (χ0n) is 9.30. The third-order valence-electron chi connectivity index (χ3n) is 3.61. The largest absolute Gasteiger partial charge is 0.321 e. The molecule has 0 bridgehead atoms. The summed E-state index contributed by atoms with van der Waals surface area (Å²) in [6.45, 7) is 6.51. The van der Waals surface area contributed by atoms with E-state index in [1.54, 1.807) is 0 Å². The van der Waals surface area contributed by atoms with Crippen LogP contribution in [0.25, 0.3) is 0 Å². The van der Waals surface area contributed by atoms with Gasteiger partial charge in [0.15, 0.2) is 0 Å². The van der Waals surface area contributed by atoms with Gasteiger partial charge in [-0.1, -0.05) is 18.2 Å². The van der Waals surface area contributed by atoms with Crippen molar-refractivity contribution in [3.63, 3.8) is 0 Å². The van der Waals surface area contributed by atoms with Crippen LogP contribution in [0.3, 0.4) is 0 Å². The molecule has 1 atom stereocenters. The molecule has 1 aliphatic rings. The second-order valence-corrected chi connectivity index (χ2v) is 4.80. The summed E-state index contributed by atoms with van der Waals surface area (Å²) in [4.78, 5) is 0. The number of rotatable bonds is 2. The summed E-state index contributed by atoms with van der Waals surface area (Å²) in [5, 5.41) is 0. The number of aryl methyl sites for hydroxylation is 1. The van der Waals surface area contributed by atoms with Crippen LogP contribution in [0.5, 0.6) is 0 Å². The van der Waals surface area contributed by atoms with E-state index in [9.17, 15) is 0 Å². The highest BCUT2D eigenvalue weighted by atomic mass is 14.8. The second kappa shape index (κ2) is 3.09. The van der Waals surface area contributed by atoms with E-state index in [-0.39, 0.29) is 5.54 Å². The lowest BCUT2D eigenvalue weighted by Gasteiger charge is -2.27. The predicted octanol–water partition coefficient (Wildman–Crippen LogP) is 2.89. The molecule has 0 spiro atoms. The first kappa shape index (κ1) is 9.72. The minimum atomic E-state index is -0.115. The van der Waals surface area contributed by atoms with Gasteiger partial charge in [0.1, 0.15) is 0 Å². The van der Waals surface area contributed by atoms with Crippen LogP contribution in [-0.4, -0.2) is 0 Å². The van der Waals surface area contributed by atoms with Gasteiger partial charge in [-0.25, -0.2) is 0 Å². The van der Waals surface area contributed by atoms with E-state index < -0.39 is 0 Å². The molecule has 1 saturated carbocycles. The zero-order chi connectivity index (χ0) is 10.3. The van der Waals surface area contributed by atoms with Crippen LogP contribution in [0.2, 0.25) is 0 Å². The Morgan fingerprint density at radius 1 is 1.29 bits per heavy atom. The average molecular weight is 189 g/mol. The summed E-state index contributed by atoms with van der Waals surface area (Å²) in [5.74, 6) is 0.697. The summed E-state index contributed by atoms with van der Waals surface area (Å²) in [6, 6.07) is 6.45. The highest BCUT2D eigenvalue weighted by molar-refractivity contribution is 5.38. The van der Waals surface area contributed by atoms with Crippen LogP contribution in [0.15, 0.2) is 18.2 Å². The van der Waals surface area contributed by atoms with Crippen LogP contribution in [0.4, 0.5) is 0 Å². The van der Waals surface area contributed by atoms with E-state index in [0.717, 1.165) is 0 Å². The molecule has 0 heterocycles. The van der Waals surface area contributed by atoms with Gasteiger partial charge in [-0.15, -0.1) is 0 Å². The number of hydrogen-bond donors (Lipinski definition) is 1. The molecule has 2 N–H and O–H groups in total. The topological polar surface area (TPSA) is 26.0 Å². The smallest absolute Gasteiger partial charge is 0.0412 e. The van der Waals surface area contributed by atoms with Crippen molar-refractivity contribution in [1.29, 1.82) is 0 Å². The van der Waals surface area contributed by atoms with E-state index in [2.05, 4.69) is 39.0 Å². The molecule has 0 radical (unpaired) electrons. The Kier molecular flexibility index (Phi) is 2.15. The van der Waals surface area contributed by atoms with Gasteiger partial charge in [0.25, 0.3) is 0 Å². The molecule has 1 nitrogen and oxygen atoms in total. The summed E-state index contributed by atoms with van der Waals surface area (Å²) in [5.41, 5.74) is 10.3. The lowest BCUT2D eigenvalue weighted by molar-refractivity contribution is 0.424. The number of nitrogens with two attached hydrogens (primary N) is 1. The first-order valence-electron chi connectivity index (χ1n) is 5.39. The van der Waals surface area contributed by atoms with Gasteiger partial charge in [0, 0.05) is 5.54 Å². The fraction of sp³-hybridized carbons (Fsp3) is 0.538. The molecule has 1 heteroatoms. The Morgan fingerprint density at radius 2 is 1.93 bits per heavy atom. The lowest BCUT2D eigenvalue weighted by Crippen LogP contribution is -2.36. The van der Waals surface area contributed by atoms with Gasteiger partial charge in [0.05, 0.1) is 0 Å². The lowest BCUT2D eigenvalue weighted by atomic mass is 9.84. The summed E-state index contributed by atoms with van der Waals surface area (Å²) >= 11 is 0. The molecule has 1 unspecified atom stereocenters. The molecule has 1 aliphatic carbocycles. The van der Waals surface area contributed by atoms with Gasteiger partial charge in [-0.3, -0.25) is 0 Å². The highest BCUT2D eigenvalue weighted by Crippen LogP contribution is 2.44. The van der Waals surface area contributed by atoms with E-state index in [4.69, 9.17) is 5.73 Å². The van der Waals surface area contributed by atoms with Crippen molar-refractivity contribution >= 4 is 0 Å². The minimum absolute atomic E-state index is 0.115. The quantitative estimate of drug-likeness (QED) is 0.760. The van der Waals surface area contributed by atoms with Gasteiger partial charge < -0.3 is 5.73 Å². The first-order valence-corrected chi connectivity index (χ1v) is 5.39. The average Bonchev–Trinajstić information content (AvgIpc) is 2.92. The zero-order valence-corrected chi connectivity index (χ0v) is 9.30. The second-order valence-electron chi connectivity index (χ2n) is 4.80. The molecule has 14 heavy (non-hydrogen) atoms. The number of hydrogen-bond acceptors (Lipinski definition) is 1. The summed E-state index contributed by atoms with van der Waals surface area (Å²) in [6.07, 6.45) is 2.58. The van der Waals surface area contributed by atoms with Crippen molar-refractivity contribution in [2.75, 3.05) is 0 Å². The third kappa shape index (κ3) is 1.46.